The Hall–Kier alpha value is -4.58. The van der Waals surface area contributed by atoms with E-state index in [1.54, 1.807) is 12.1 Å². The summed E-state index contributed by atoms with van der Waals surface area (Å²) in [5.74, 6) is 1.21. The summed E-state index contributed by atoms with van der Waals surface area (Å²) in [5.41, 5.74) is 6.31. The van der Waals surface area contributed by atoms with Crippen molar-refractivity contribution in [1.29, 1.82) is 0 Å². The van der Waals surface area contributed by atoms with Gasteiger partial charge in [0.2, 0.25) is 0 Å². The predicted molar refractivity (Wildman–Crippen MR) is 142 cm³/mol. The number of pyridine rings is 1. The van der Waals surface area contributed by atoms with Crippen LogP contribution in [0.2, 0.25) is 0 Å². The zero-order valence-corrected chi connectivity index (χ0v) is 20.0. The highest BCUT2D eigenvalue weighted by Crippen LogP contribution is 2.52. The molecule has 0 fully saturated rings. The number of hydrogen-bond acceptors (Lipinski definition) is 3. The van der Waals surface area contributed by atoms with Gasteiger partial charge in [-0.3, -0.25) is 10.1 Å². The average Bonchev–Trinajstić information content (AvgIpc) is 3.60. The van der Waals surface area contributed by atoms with E-state index < -0.39 is 5.41 Å². The SMILES string of the molecule is Fc1ccc(-c2n[nH]c(C3Cc4c([nH]c5ccccc45)C(c4ccccc4)(c4cccnc4)C3)n2)cc1. The molecular weight excluding hydrogens is 461 g/mol. The molecule has 0 amide bonds. The molecule has 2 N–H and O–H groups in total. The zero-order valence-electron chi connectivity index (χ0n) is 20.0. The van der Waals surface area contributed by atoms with Gasteiger partial charge in [0.25, 0.3) is 0 Å². The van der Waals surface area contributed by atoms with E-state index in [-0.39, 0.29) is 11.7 Å². The molecule has 0 bridgehead atoms. The van der Waals surface area contributed by atoms with Crippen molar-refractivity contribution in [2.75, 3.05) is 0 Å². The van der Waals surface area contributed by atoms with Crippen LogP contribution >= 0.6 is 0 Å². The molecule has 180 valence electrons. The first-order valence-electron chi connectivity index (χ1n) is 12.5. The van der Waals surface area contributed by atoms with Crippen molar-refractivity contribution in [1.82, 2.24) is 25.1 Å². The summed E-state index contributed by atoms with van der Waals surface area (Å²) in [6.07, 6.45) is 5.42. The highest BCUT2D eigenvalue weighted by Gasteiger charge is 2.46. The Balaban J connectivity index is 1.44. The van der Waals surface area contributed by atoms with Gasteiger partial charge in [0.1, 0.15) is 11.6 Å². The number of H-pyrrole nitrogens is 2. The summed E-state index contributed by atoms with van der Waals surface area (Å²) in [6, 6.07) is 29.6. The van der Waals surface area contributed by atoms with Gasteiger partial charge in [-0.2, -0.15) is 5.10 Å². The number of para-hydroxylation sites is 1. The van der Waals surface area contributed by atoms with E-state index in [0.717, 1.165) is 35.3 Å². The van der Waals surface area contributed by atoms with Gasteiger partial charge in [-0.15, -0.1) is 0 Å². The minimum absolute atomic E-state index is 0.0776. The maximum absolute atomic E-state index is 13.5. The van der Waals surface area contributed by atoms with E-state index in [2.05, 4.69) is 80.8 Å². The number of nitrogens with zero attached hydrogens (tertiary/aromatic N) is 3. The van der Waals surface area contributed by atoms with Gasteiger partial charge >= 0.3 is 0 Å². The van der Waals surface area contributed by atoms with Crippen LogP contribution in [0.25, 0.3) is 22.3 Å². The lowest BCUT2D eigenvalue weighted by atomic mass is 9.62. The third kappa shape index (κ3) is 3.48. The molecule has 3 aromatic heterocycles. The molecule has 1 aliphatic carbocycles. The Labute approximate surface area is 213 Å². The van der Waals surface area contributed by atoms with Crippen LogP contribution in [0, 0.1) is 5.82 Å². The molecule has 37 heavy (non-hydrogen) atoms. The maximum atomic E-state index is 13.5. The van der Waals surface area contributed by atoms with Crippen LogP contribution in [-0.4, -0.2) is 25.1 Å². The van der Waals surface area contributed by atoms with Gasteiger partial charge in [0, 0.05) is 40.5 Å². The summed E-state index contributed by atoms with van der Waals surface area (Å²) < 4.78 is 13.5. The third-order valence-corrected chi connectivity index (χ3v) is 7.66. The fourth-order valence-corrected chi connectivity index (χ4v) is 5.97. The normalized spacial score (nSPS) is 19.1. The number of hydrogen-bond donors (Lipinski definition) is 2. The molecule has 0 radical (unpaired) electrons. The Morgan fingerprint density at radius 1 is 0.838 bits per heavy atom. The van der Waals surface area contributed by atoms with Gasteiger partial charge in [0.15, 0.2) is 5.82 Å². The summed E-state index contributed by atoms with van der Waals surface area (Å²) in [7, 11) is 0. The van der Waals surface area contributed by atoms with E-state index in [0.29, 0.717) is 5.82 Å². The lowest BCUT2D eigenvalue weighted by molar-refractivity contribution is 0.427. The summed E-state index contributed by atoms with van der Waals surface area (Å²) in [4.78, 5) is 13.2. The Morgan fingerprint density at radius 3 is 2.43 bits per heavy atom. The summed E-state index contributed by atoms with van der Waals surface area (Å²) in [5, 5.41) is 8.96. The van der Waals surface area contributed by atoms with Gasteiger partial charge < -0.3 is 4.98 Å². The topological polar surface area (TPSA) is 70.2 Å². The lowest BCUT2D eigenvalue weighted by Gasteiger charge is -2.41. The average molecular weight is 486 g/mol. The van der Waals surface area contributed by atoms with Gasteiger partial charge in [-0.05, 0) is 65.9 Å². The molecule has 0 spiro atoms. The lowest BCUT2D eigenvalue weighted by Crippen LogP contribution is -2.37. The number of rotatable bonds is 4. The highest BCUT2D eigenvalue weighted by molar-refractivity contribution is 5.86. The van der Waals surface area contributed by atoms with Crippen LogP contribution in [0.5, 0.6) is 0 Å². The molecule has 3 heterocycles. The smallest absolute Gasteiger partial charge is 0.181 e. The Kier molecular flexibility index (Phi) is 4.99. The molecule has 5 nitrogen and oxygen atoms in total. The first kappa shape index (κ1) is 21.7. The van der Waals surface area contributed by atoms with Crippen LogP contribution in [0.15, 0.2) is 103 Å². The number of fused-ring (bicyclic) bond motifs is 3. The summed E-state index contributed by atoms with van der Waals surface area (Å²) >= 11 is 0. The number of halogens is 1. The molecule has 3 aromatic carbocycles. The number of benzene rings is 3. The molecule has 0 saturated heterocycles. The van der Waals surface area contributed by atoms with Crippen LogP contribution < -0.4 is 0 Å². The van der Waals surface area contributed by atoms with Crippen LogP contribution in [0.4, 0.5) is 4.39 Å². The molecule has 0 saturated carbocycles. The number of aromatic nitrogens is 5. The van der Waals surface area contributed by atoms with Crippen molar-refractivity contribution in [2.24, 2.45) is 0 Å². The third-order valence-electron chi connectivity index (χ3n) is 7.66. The molecule has 1 aliphatic rings. The standard InChI is InChI=1S/C31H24FN5/c32-24-14-12-20(13-15-24)29-35-30(37-36-29)21-17-26-25-10-4-5-11-27(25)34-28(26)31(18-21,22-7-2-1-3-8-22)23-9-6-16-33-19-23/h1-16,19,21,34H,17-18H2,(H,35,36,37). The monoisotopic (exact) mass is 485 g/mol. The Bertz CT molecular complexity index is 1650. The molecule has 6 heteroatoms. The van der Waals surface area contributed by atoms with Crippen molar-refractivity contribution in [2.45, 2.75) is 24.2 Å². The van der Waals surface area contributed by atoms with E-state index >= 15 is 0 Å². The van der Waals surface area contributed by atoms with Crippen molar-refractivity contribution < 1.29 is 4.39 Å². The number of aromatic amines is 2. The molecule has 6 aromatic rings. The van der Waals surface area contributed by atoms with Gasteiger partial charge in [-0.25, -0.2) is 9.37 Å². The molecule has 2 unspecified atom stereocenters. The predicted octanol–water partition coefficient (Wildman–Crippen LogP) is 6.55. The van der Waals surface area contributed by atoms with Crippen molar-refractivity contribution in [3.05, 3.63) is 137 Å². The van der Waals surface area contributed by atoms with E-state index in [9.17, 15) is 4.39 Å². The van der Waals surface area contributed by atoms with Crippen molar-refractivity contribution >= 4 is 10.9 Å². The Morgan fingerprint density at radius 2 is 1.62 bits per heavy atom. The minimum Gasteiger partial charge on any atom is -0.357 e. The number of nitrogens with one attached hydrogen (secondary N) is 2. The summed E-state index contributed by atoms with van der Waals surface area (Å²) in [6.45, 7) is 0. The van der Waals surface area contributed by atoms with E-state index in [4.69, 9.17) is 4.98 Å². The minimum atomic E-state index is -0.449. The van der Waals surface area contributed by atoms with Crippen LogP contribution in [0.1, 0.15) is 40.5 Å². The van der Waals surface area contributed by atoms with Gasteiger partial charge in [0.05, 0.1) is 5.41 Å². The van der Waals surface area contributed by atoms with Gasteiger partial charge in [-0.1, -0.05) is 54.6 Å². The van der Waals surface area contributed by atoms with Crippen LogP contribution in [-0.2, 0) is 11.8 Å². The fourth-order valence-electron chi connectivity index (χ4n) is 5.97. The molecule has 7 rings (SSSR count). The quantitative estimate of drug-likeness (QED) is 0.297. The molecular formula is C31H24FN5. The van der Waals surface area contributed by atoms with Crippen LogP contribution in [0.3, 0.4) is 0 Å². The van der Waals surface area contributed by atoms with Crippen molar-refractivity contribution in [3.8, 4) is 11.4 Å². The largest absolute Gasteiger partial charge is 0.357 e. The first-order chi connectivity index (χ1) is 18.2. The first-order valence-corrected chi connectivity index (χ1v) is 12.5. The highest BCUT2D eigenvalue weighted by atomic mass is 19.1. The molecule has 2 atom stereocenters. The zero-order chi connectivity index (χ0) is 24.8. The van der Waals surface area contributed by atoms with E-state index in [1.165, 1.54) is 34.3 Å². The second kappa shape index (κ2) is 8.52. The van der Waals surface area contributed by atoms with Crippen molar-refractivity contribution in [3.63, 3.8) is 0 Å². The second-order valence-electron chi connectivity index (χ2n) is 9.69. The molecule has 0 aliphatic heterocycles. The second-order valence-corrected chi connectivity index (χ2v) is 9.69. The fraction of sp³-hybridized carbons (Fsp3) is 0.129. The van der Waals surface area contributed by atoms with E-state index in [1.807, 2.05) is 18.5 Å². The maximum Gasteiger partial charge on any atom is 0.181 e.